The molecule has 0 spiro atoms. The zero-order valence-electron chi connectivity index (χ0n) is 7.55. The van der Waals surface area contributed by atoms with Crippen molar-refractivity contribution < 1.29 is 15.7 Å². The molecule has 0 aromatic rings. The van der Waals surface area contributed by atoms with Gasteiger partial charge in [0, 0.05) is 6.42 Å². The summed E-state index contributed by atoms with van der Waals surface area (Å²) in [7, 11) is 0. The minimum Gasteiger partial charge on any atom is -0.465 e. The predicted molar refractivity (Wildman–Crippen MR) is 39.0 cm³/mol. The second-order valence-corrected chi connectivity index (χ2v) is 2.48. The maximum Gasteiger partial charge on any atom is 0.316 e. The van der Waals surface area contributed by atoms with Gasteiger partial charge in [-0.05, 0) is 19.8 Å². The third-order valence-electron chi connectivity index (χ3n) is 1.69. The number of Topliss-reactive ketones (excluding diaryl/α,β-unsaturated/α-hetero) is 1. The van der Waals surface area contributed by atoms with Gasteiger partial charge in [-0.1, -0.05) is 0 Å². The second-order valence-electron chi connectivity index (χ2n) is 2.48. The molecular weight excluding hydrogens is 144 g/mol. The highest BCUT2D eigenvalue weighted by molar-refractivity contribution is 6.00. The Morgan fingerprint density at radius 1 is 1.91 bits per heavy atom. The van der Waals surface area contributed by atoms with Crippen LogP contribution in [0.5, 0.6) is 0 Å². The van der Waals surface area contributed by atoms with Crippen molar-refractivity contribution in [3.05, 3.63) is 0 Å². The van der Waals surface area contributed by atoms with E-state index in [1.165, 1.54) is 0 Å². The van der Waals surface area contributed by atoms with E-state index in [1.54, 1.807) is 6.92 Å². The summed E-state index contributed by atoms with van der Waals surface area (Å²) >= 11 is 0. The average molecular weight is 157 g/mol. The van der Waals surface area contributed by atoms with E-state index in [0.29, 0.717) is 19.3 Å². The Bertz CT molecular complexity index is 214. The van der Waals surface area contributed by atoms with Crippen LogP contribution in [0.4, 0.5) is 0 Å². The lowest BCUT2D eigenvalue weighted by atomic mass is 10.1. The first-order valence-corrected chi connectivity index (χ1v) is 3.82. The molecule has 0 heterocycles. The molecule has 1 rings (SSSR count). The van der Waals surface area contributed by atoms with Crippen molar-refractivity contribution in [1.29, 1.82) is 0 Å². The molecule has 1 atom stereocenters. The van der Waals surface area contributed by atoms with E-state index < -0.39 is 11.9 Å². The Morgan fingerprint density at radius 3 is 3.09 bits per heavy atom. The highest BCUT2D eigenvalue weighted by atomic mass is 16.5. The van der Waals surface area contributed by atoms with Gasteiger partial charge in [0.05, 0.1) is 7.98 Å². The molecule has 0 aromatic carbocycles. The normalized spacial score (nSPS) is 31.7. The minimum absolute atomic E-state index is 0.229. The fourth-order valence-corrected chi connectivity index (χ4v) is 1.15. The zero-order valence-corrected chi connectivity index (χ0v) is 6.55. The van der Waals surface area contributed by atoms with Crippen molar-refractivity contribution >= 4 is 11.8 Å². The van der Waals surface area contributed by atoms with E-state index >= 15 is 0 Å². The molecule has 1 fully saturated rings. The first-order chi connectivity index (χ1) is 5.61. The van der Waals surface area contributed by atoms with E-state index in [-0.39, 0.29) is 12.4 Å². The lowest BCUT2D eigenvalue weighted by molar-refractivity contribution is -0.150. The Hall–Kier alpha value is -0.860. The van der Waals surface area contributed by atoms with Gasteiger partial charge in [0.15, 0.2) is 0 Å². The smallest absolute Gasteiger partial charge is 0.316 e. The van der Waals surface area contributed by atoms with Crippen molar-refractivity contribution in [1.82, 2.24) is 0 Å². The minimum atomic E-state index is -1.59. The van der Waals surface area contributed by atoms with Crippen molar-refractivity contribution in [2.24, 2.45) is 5.89 Å². The van der Waals surface area contributed by atoms with Crippen molar-refractivity contribution in [3.63, 3.8) is 0 Å². The number of hydrogen-bond acceptors (Lipinski definition) is 3. The molecule has 0 radical (unpaired) electrons. The summed E-state index contributed by atoms with van der Waals surface area (Å²) in [6.07, 6.45) is 1.27. The van der Waals surface area contributed by atoms with Crippen LogP contribution in [0.3, 0.4) is 0 Å². The first-order valence-electron chi connectivity index (χ1n) is 4.32. The summed E-state index contributed by atoms with van der Waals surface area (Å²) in [6, 6.07) is 0. The van der Waals surface area contributed by atoms with Crippen LogP contribution >= 0.6 is 0 Å². The molecule has 1 aliphatic rings. The van der Waals surface area contributed by atoms with E-state index in [2.05, 4.69) is 4.74 Å². The monoisotopic (exact) mass is 157 g/mol. The maximum absolute atomic E-state index is 11.1. The lowest BCUT2D eigenvalue weighted by Gasteiger charge is -2.05. The van der Waals surface area contributed by atoms with Crippen molar-refractivity contribution in [2.75, 3.05) is 6.61 Å². The van der Waals surface area contributed by atoms with Gasteiger partial charge in [0.2, 0.25) is 0 Å². The molecule has 0 N–H and O–H groups in total. The summed E-state index contributed by atoms with van der Waals surface area (Å²) in [5.41, 5.74) is 0. The molecule has 1 saturated carbocycles. The molecule has 62 valence electrons. The fourth-order valence-electron chi connectivity index (χ4n) is 1.15. The molecule has 1 unspecified atom stereocenters. The quantitative estimate of drug-likeness (QED) is 0.442. The van der Waals surface area contributed by atoms with E-state index in [0.717, 1.165) is 0 Å². The van der Waals surface area contributed by atoms with Gasteiger partial charge in [0.25, 0.3) is 0 Å². The number of esters is 1. The third-order valence-corrected chi connectivity index (χ3v) is 1.69. The number of ether oxygens (including phenoxy) is 1. The third kappa shape index (κ3) is 1.79. The number of hydrogen-bond donors (Lipinski definition) is 0. The second kappa shape index (κ2) is 3.51. The highest BCUT2D eigenvalue weighted by Crippen LogP contribution is 2.22. The van der Waals surface area contributed by atoms with Gasteiger partial charge >= 0.3 is 5.97 Å². The summed E-state index contributed by atoms with van der Waals surface area (Å²) in [5.74, 6) is -2.58. The standard InChI is InChI=1S/C8H12O3/c1-2-11-8(10)6-4-3-5-7(6)9/h6H,2-5H2,1H3/i6D. The Kier molecular flexibility index (Phi) is 2.18. The van der Waals surface area contributed by atoms with Crippen LogP contribution in [-0.4, -0.2) is 18.4 Å². The van der Waals surface area contributed by atoms with Gasteiger partial charge in [0.1, 0.15) is 11.7 Å². The van der Waals surface area contributed by atoms with Gasteiger partial charge < -0.3 is 4.74 Å². The molecular formula is C8H12O3. The predicted octanol–water partition coefficient (Wildman–Crippen LogP) is 0.919. The van der Waals surface area contributed by atoms with Gasteiger partial charge in [-0.25, -0.2) is 0 Å². The number of rotatable bonds is 2. The van der Waals surface area contributed by atoms with E-state index in [1.807, 2.05) is 0 Å². The topological polar surface area (TPSA) is 43.4 Å². The molecule has 3 nitrogen and oxygen atoms in total. The van der Waals surface area contributed by atoms with Crippen LogP contribution in [0, 0.1) is 5.89 Å². The van der Waals surface area contributed by atoms with Crippen LogP contribution in [0.15, 0.2) is 0 Å². The zero-order chi connectivity index (χ0) is 9.19. The van der Waals surface area contributed by atoms with Crippen LogP contribution in [0.1, 0.15) is 27.6 Å². The average Bonchev–Trinajstić information content (AvgIpc) is 2.34. The fraction of sp³-hybridized carbons (Fsp3) is 0.750. The molecule has 3 heteroatoms. The molecule has 0 amide bonds. The Balaban J connectivity index is 2.70. The number of carbonyl (C=O) groups excluding carboxylic acids is 2. The van der Waals surface area contributed by atoms with Gasteiger partial charge in [-0.3, -0.25) is 9.59 Å². The molecule has 0 bridgehead atoms. The Labute approximate surface area is 67.1 Å². The summed E-state index contributed by atoms with van der Waals surface area (Å²) in [5, 5.41) is 0. The molecule has 1 aliphatic carbocycles. The summed E-state index contributed by atoms with van der Waals surface area (Å²) in [6.45, 7) is 1.90. The van der Waals surface area contributed by atoms with Gasteiger partial charge in [-0.15, -0.1) is 0 Å². The maximum atomic E-state index is 11.1. The molecule has 0 aromatic heterocycles. The van der Waals surface area contributed by atoms with Crippen molar-refractivity contribution in [3.8, 4) is 0 Å². The van der Waals surface area contributed by atoms with Crippen LogP contribution in [0.25, 0.3) is 0 Å². The SMILES string of the molecule is [2H]C1(C(=O)OCC)CCCC1=O. The van der Waals surface area contributed by atoms with Crippen LogP contribution < -0.4 is 0 Å². The van der Waals surface area contributed by atoms with Gasteiger partial charge in [-0.2, -0.15) is 0 Å². The number of carbonyl (C=O) groups is 2. The number of ketones is 1. The molecule has 11 heavy (non-hydrogen) atoms. The van der Waals surface area contributed by atoms with E-state index in [4.69, 9.17) is 1.37 Å². The summed E-state index contributed by atoms with van der Waals surface area (Å²) < 4.78 is 12.2. The van der Waals surface area contributed by atoms with Crippen LogP contribution in [-0.2, 0) is 14.3 Å². The Morgan fingerprint density at radius 2 is 2.64 bits per heavy atom. The van der Waals surface area contributed by atoms with Crippen molar-refractivity contribution in [2.45, 2.75) is 26.2 Å². The lowest BCUT2D eigenvalue weighted by Crippen LogP contribution is -2.21. The molecule has 0 aliphatic heterocycles. The highest BCUT2D eigenvalue weighted by Gasteiger charge is 2.31. The summed E-state index contributed by atoms with van der Waals surface area (Å²) in [4.78, 5) is 22.3. The first kappa shape index (κ1) is 6.83. The van der Waals surface area contributed by atoms with Crippen LogP contribution in [0.2, 0.25) is 0 Å². The largest absolute Gasteiger partial charge is 0.465 e. The van der Waals surface area contributed by atoms with E-state index in [9.17, 15) is 9.59 Å². The molecule has 0 saturated heterocycles.